The number of likely N-dealkylation sites (tertiary alicyclic amines) is 1. The summed E-state index contributed by atoms with van der Waals surface area (Å²) in [6.07, 6.45) is 3.72. The van der Waals surface area contributed by atoms with Crippen LogP contribution < -0.4 is 15.4 Å². The molecule has 164 valence electrons. The molecule has 1 aliphatic rings. The summed E-state index contributed by atoms with van der Waals surface area (Å²) in [6.45, 7) is 10.1. The molecular formula is C21H37N5O2S. The Labute approximate surface area is 176 Å². The summed E-state index contributed by atoms with van der Waals surface area (Å²) in [5, 5.41) is 6.69. The number of hydrogen-bond acceptors (Lipinski definition) is 4. The molecule has 0 saturated carbocycles. The minimum absolute atomic E-state index is 0.0192. The molecule has 0 unspecified atom stereocenters. The number of nitrogens with zero attached hydrogens (tertiary/aromatic N) is 2. The molecule has 1 aromatic carbocycles. The number of guanidine groups is 1. The smallest absolute Gasteiger partial charge is 0.215 e. The molecule has 3 N–H and O–H groups in total. The Morgan fingerprint density at radius 2 is 1.93 bits per heavy atom. The van der Waals surface area contributed by atoms with Crippen molar-refractivity contribution in [2.24, 2.45) is 10.9 Å². The van der Waals surface area contributed by atoms with Crippen molar-refractivity contribution in [1.82, 2.24) is 20.3 Å². The number of hydrogen-bond donors (Lipinski definition) is 3. The fraction of sp³-hybridized carbons (Fsp3) is 0.667. The molecule has 0 aromatic heterocycles. The Morgan fingerprint density at radius 1 is 1.21 bits per heavy atom. The fourth-order valence-electron chi connectivity index (χ4n) is 3.42. The third-order valence-electron chi connectivity index (χ3n) is 5.24. The van der Waals surface area contributed by atoms with Crippen LogP contribution in [0, 0.1) is 5.92 Å². The number of piperidine rings is 1. The SMILES string of the molecule is CCNC(=NCc1cccc(CS(=O)(=O)NC)c1)NCCCN1CCC(C)CC1. The van der Waals surface area contributed by atoms with E-state index in [9.17, 15) is 8.42 Å². The van der Waals surface area contributed by atoms with E-state index in [1.54, 1.807) is 0 Å². The molecule has 0 atom stereocenters. The van der Waals surface area contributed by atoms with Gasteiger partial charge in [0.1, 0.15) is 0 Å². The second-order valence-electron chi connectivity index (χ2n) is 7.78. The molecular weight excluding hydrogens is 386 g/mol. The minimum atomic E-state index is -3.27. The van der Waals surface area contributed by atoms with Gasteiger partial charge in [-0.15, -0.1) is 0 Å². The lowest BCUT2D eigenvalue weighted by Crippen LogP contribution is -2.39. The number of sulfonamides is 1. The Morgan fingerprint density at radius 3 is 2.62 bits per heavy atom. The predicted molar refractivity (Wildman–Crippen MR) is 120 cm³/mol. The van der Waals surface area contributed by atoms with E-state index >= 15 is 0 Å². The van der Waals surface area contributed by atoms with Gasteiger partial charge in [0, 0.05) is 13.1 Å². The van der Waals surface area contributed by atoms with E-state index in [1.807, 2.05) is 24.3 Å². The van der Waals surface area contributed by atoms with Crippen molar-refractivity contribution in [1.29, 1.82) is 0 Å². The maximum Gasteiger partial charge on any atom is 0.215 e. The Bertz CT molecular complexity index is 743. The summed E-state index contributed by atoms with van der Waals surface area (Å²) >= 11 is 0. The van der Waals surface area contributed by atoms with E-state index in [0.29, 0.717) is 6.54 Å². The highest BCUT2D eigenvalue weighted by atomic mass is 32.2. The molecule has 0 bridgehead atoms. The molecule has 0 amide bonds. The van der Waals surface area contributed by atoms with Crippen LogP contribution in [0.1, 0.15) is 44.2 Å². The van der Waals surface area contributed by atoms with E-state index in [0.717, 1.165) is 49.1 Å². The van der Waals surface area contributed by atoms with Crippen LogP contribution in [0.3, 0.4) is 0 Å². The Kier molecular flexibility index (Phi) is 9.90. The summed E-state index contributed by atoms with van der Waals surface area (Å²) < 4.78 is 25.8. The minimum Gasteiger partial charge on any atom is -0.357 e. The van der Waals surface area contributed by atoms with Gasteiger partial charge in [-0.1, -0.05) is 31.2 Å². The van der Waals surface area contributed by atoms with Crippen LogP contribution >= 0.6 is 0 Å². The predicted octanol–water partition coefficient (Wildman–Crippen LogP) is 1.91. The number of aliphatic imine (C=N–C) groups is 1. The Hall–Kier alpha value is -1.64. The molecule has 0 radical (unpaired) electrons. The zero-order valence-corrected chi connectivity index (χ0v) is 18.9. The second-order valence-corrected chi connectivity index (χ2v) is 9.71. The van der Waals surface area contributed by atoms with Crippen LogP contribution in [0.2, 0.25) is 0 Å². The summed E-state index contributed by atoms with van der Waals surface area (Å²) in [5.41, 5.74) is 1.76. The number of nitrogens with one attached hydrogen (secondary N) is 3. The van der Waals surface area contributed by atoms with Gasteiger partial charge in [-0.2, -0.15) is 0 Å². The molecule has 1 fully saturated rings. The van der Waals surface area contributed by atoms with Gasteiger partial charge >= 0.3 is 0 Å². The average molecular weight is 424 g/mol. The van der Waals surface area contributed by atoms with Crippen molar-refractivity contribution < 1.29 is 8.42 Å². The van der Waals surface area contributed by atoms with Gasteiger partial charge in [0.15, 0.2) is 5.96 Å². The lowest BCUT2D eigenvalue weighted by atomic mass is 9.99. The summed E-state index contributed by atoms with van der Waals surface area (Å²) in [7, 11) is -1.84. The molecule has 0 spiro atoms. The van der Waals surface area contributed by atoms with E-state index in [2.05, 4.69) is 39.1 Å². The first-order valence-corrected chi connectivity index (χ1v) is 12.3. The molecule has 1 aliphatic heterocycles. The van der Waals surface area contributed by atoms with Crippen molar-refractivity contribution in [3.8, 4) is 0 Å². The van der Waals surface area contributed by atoms with Crippen LogP contribution in [-0.2, 0) is 22.3 Å². The second kappa shape index (κ2) is 12.1. The normalized spacial score (nSPS) is 16.7. The fourth-order valence-corrected chi connectivity index (χ4v) is 4.18. The monoisotopic (exact) mass is 423 g/mol. The van der Waals surface area contributed by atoms with Crippen LogP contribution in [-0.4, -0.2) is 59.0 Å². The quantitative estimate of drug-likeness (QED) is 0.304. The van der Waals surface area contributed by atoms with Crippen LogP contribution in [0.5, 0.6) is 0 Å². The number of benzene rings is 1. The molecule has 0 aliphatic carbocycles. The van der Waals surface area contributed by atoms with Gasteiger partial charge in [-0.3, -0.25) is 0 Å². The van der Waals surface area contributed by atoms with Crippen LogP contribution in [0.15, 0.2) is 29.3 Å². The van der Waals surface area contributed by atoms with Gasteiger partial charge in [0.25, 0.3) is 0 Å². The summed E-state index contributed by atoms with van der Waals surface area (Å²) in [6, 6.07) is 7.58. The molecule has 1 saturated heterocycles. The van der Waals surface area contributed by atoms with Gasteiger partial charge in [-0.05, 0) is 69.9 Å². The van der Waals surface area contributed by atoms with Gasteiger partial charge in [0.05, 0.1) is 12.3 Å². The van der Waals surface area contributed by atoms with Crippen molar-refractivity contribution in [3.05, 3.63) is 35.4 Å². The maximum atomic E-state index is 11.7. The summed E-state index contributed by atoms with van der Waals surface area (Å²) in [5.74, 6) is 1.65. The third-order valence-corrected chi connectivity index (χ3v) is 6.58. The molecule has 1 aromatic rings. The highest BCUT2D eigenvalue weighted by Gasteiger charge is 2.14. The van der Waals surface area contributed by atoms with Gasteiger partial charge < -0.3 is 15.5 Å². The average Bonchev–Trinajstić information content (AvgIpc) is 2.70. The van der Waals surface area contributed by atoms with Crippen molar-refractivity contribution in [2.75, 3.05) is 39.8 Å². The zero-order chi connectivity index (χ0) is 21.1. The maximum absolute atomic E-state index is 11.7. The van der Waals surface area contributed by atoms with Crippen molar-refractivity contribution in [2.45, 2.75) is 45.4 Å². The first kappa shape index (κ1) is 23.6. The molecule has 2 rings (SSSR count). The topological polar surface area (TPSA) is 85.8 Å². The van der Waals surface area contributed by atoms with E-state index in [-0.39, 0.29) is 5.75 Å². The third kappa shape index (κ3) is 9.14. The van der Waals surface area contributed by atoms with E-state index in [1.165, 1.54) is 33.0 Å². The first-order valence-electron chi connectivity index (χ1n) is 10.7. The van der Waals surface area contributed by atoms with Crippen LogP contribution in [0.25, 0.3) is 0 Å². The van der Waals surface area contributed by atoms with Gasteiger partial charge in [0.2, 0.25) is 10.0 Å². The van der Waals surface area contributed by atoms with E-state index in [4.69, 9.17) is 0 Å². The highest BCUT2D eigenvalue weighted by molar-refractivity contribution is 7.88. The zero-order valence-electron chi connectivity index (χ0n) is 18.1. The molecule has 8 heteroatoms. The van der Waals surface area contributed by atoms with E-state index < -0.39 is 10.0 Å². The van der Waals surface area contributed by atoms with Gasteiger partial charge in [-0.25, -0.2) is 18.1 Å². The Balaban J connectivity index is 1.82. The molecule has 1 heterocycles. The largest absolute Gasteiger partial charge is 0.357 e. The van der Waals surface area contributed by atoms with Crippen molar-refractivity contribution in [3.63, 3.8) is 0 Å². The first-order chi connectivity index (χ1) is 13.9. The highest BCUT2D eigenvalue weighted by Crippen LogP contribution is 2.15. The lowest BCUT2D eigenvalue weighted by molar-refractivity contribution is 0.191. The van der Waals surface area contributed by atoms with Crippen molar-refractivity contribution >= 4 is 16.0 Å². The summed E-state index contributed by atoms with van der Waals surface area (Å²) in [4.78, 5) is 7.20. The van der Waals surface area contributed by atoms with Crippen LogP contribution in [0.4, 0.5) is 0 Å². The molecule has 29 heavy (non-hydrogen) atoms. The standard InChI is InChI=1S/C21H37N5O2S/c1-4-23-21(24-11-6-12-26-13-9-18(2)10-14-26)25-16-19-7-5-8-20(15-19)17-29(27,28)22-3/h5,7-8,15,18,22H,4,6,9-14,16-17H2,1-3H3,(H2,23,24,25). The molecule has 7 nitrogen and oxygen atoms in total. The lowest BCUT2D eigenvalue weighted by Gasteiger charge is -2.30. The number of rotatable bonds is 10.